The van der Waals surface area contributed by atoms with Gasteiger partial charge in [-0.1, -0.05) is 51.8 Å². The van der Waals surface area contributed by atoms with E-state index in [0.717, 1.165) is 4.90 Å². The quantitative estimate of drug-likeness (QED) is 0.125. The summed E-state index contributed by atoms with van der Waals surface area (Å²) < 4.78 is 16.8. The van der Waals surface area contributed by atoms with Crippen LogP contribution in [0.25, 0.3) is 6.08 Å². The molecule has 5 rings (SSSR count). The molecule has 0 bridgehead atoms. The maximum absolute atomic E-state index is 13.7. The minimum absolute atomic E-state index is 0.0138. The van der Waals surface area contributed by atoms with Crippen molar-refractivity contribution in [2.75, 3.05) is 31.5 Å². The van der Waals surface area contributed by atoms with E-state index >= 15 is 0 Å². The van der Waals surface area contributed by atoms with Crippen molar-refractivity contribution in [3.63, 3.8) is 0 Å². The summed E-state index contributed by atoms with van der Waals surface area (Å²) in [6.45, 7) is 0. The zero-order valence-electron chi connectivity index (χ0n) is 25.9. The molecule has 1 saturated heterocycles. The first-order valence-electron chi connectivity index (χ1n) is 14.4. The van der Waals surface area contributed by atoms with Crippen molar-refractivity contribution in [1.82, 2.24) is 5.32 Å². The number of amides is 4. The summed E-state index contributed by atoms with van der Waals surface area (Å²) in [5, 5.41) is 5.13. The van der Waals surface area contributed by atoms with Crippen LogP contribution in [0.15, 0.2) is 100.0 Å². The number of carbonyl (C=O) groups excluding carboxylic acids is 4. The Kier molecular flexibility index (Phi) is 11.1. The average Bonchev–Trinajstić information content (AvgIpc) is 3.35. The van der Waals surface area contributed by atoms with Gasteiger partial charge in [-0.05, 0) is 66.7 Å². The van der Waals surface area contributed by atoms with Crippen molar-refractivity contribution in [3.8, 4) is 17.2 Å². The molecule has 4 aromatic rings. The molecule has 2 N–H and O–H groups in total. The van der Waals surface area contributed by atoms with Crippen molar-refractivity contribution in [1.29, 1.82) is 0 Å². The SMILES string of the molecule is COc1ccc(N2C(=O)C[C@@H](Sc3cccc(NC(=O)/C(=C/c4cc(Br)cc(OC)c4OC)NC(=O)c4ccccc4)c3)C2=O)cc1Cl. The standard InChI is InChI=1S/C35H29BrClN3O7S/c1-45-28-13-12-24(18-26(28)37)40-31(41)19-30(35(40)44)48-25-11-7-10-23(17-25)38-34(43)27(39-33(42)20-8-5-4-6-9-20)15-21-14-22(36)16-29(46-2)32(21)47-3/h4-18,30H,19H2,1-3H3,(H,38,43)(H,39,42)/b27-15-/t30-/m1/s1. The van der Waals surface area contributed by atoms with Gasteiger partial charge in [0.25, 0.3) is 11.8 Å². The van der Waals surface area contributed by atoms with E-state index < -0.39 is 17.1 Å². The average molecular weight is 751 g/mol. The lowest BCUT2D eigenvalue weighted by atomic mass is 10.1. The molecule has 1 atom stereocenters. The Balaban J connectivity index is 1.38. The predicted molar refractivity (Wildman–Crippen MR) is 189 cm³/mol. The van der Waals surface area contributed by atoms with Gasteiger partial charge in [0.2, 0.25) is 11.8 Å². The van der Waals surface area contributed by atoms with Crippen LogP contribution in [-0.2, 0) is 14.4 Å². The van der Waals surface area contributed by atoms with Crippen LogP contribution in [-0.4, -0.2) is 50.2 Å². The number of halogens is 2. The van der Waals surface area contributed by atoms with Crippen molar-refractivity contribution < 1.29 is 33.4 Å². The second kappa shape index (κ2) is 15.4. The minimum atomic E-state index is -0.691. The van der Waals surface area contributed by atoms with E-state index in [1.165, 1.54) is 45.2 Å². The topological polar surface area (TPSA) is 123 Å². The van der Waals surface area contributed by atoms with E-state index in [1.807, 2.05) is 0 Å². The summed E-state index contributed by atoms with van der Waals surface area (Å²) in [5.41, 5.74) is 1.52. The number of benzene rings is 4. The van der Waals surface area contributed by atoms with Gasteiger partial charge >= 0.3 is 0 Å². The number of anilines is 2. The molecular weight excluding hydrogens is 722 g/mol. The number of thioether (sulfide) groups is 1. The third kappa shape index (κ3) is 7.84. The molecule has 1 fully saturated rings. The van der Waals surface area contributed by atoms with Gasteiger partial charge in [-0.25, -0.2) is 4.90 Å². The third-order valence-electron chi connectivity index (χ3n) is 7.17. The van der Waals surface area contributed by atoms with Gasteiger partial charge in [0.1, 0.15) is 11.4 Å². The third-order valence-corrected chi connectivity index (χ3v) is 9.10. The van der Waals surface area contributed by atoms with Crippen molar-refractivity contribution >= 4 is 80.4 Å². The molecule has 246 valence electrons. The first kappa shape index (κ1) is 34.6. The second-order valence-corrected chi connectivity index (χ2v) is 12.9. The lowest BCUT2D eigenvalue weighted by molar-refractivity contribution is -0.121. The van der Waals surface area contributed by atoms with Gasteiger partial charge in [-0.15, -0.1) is 11.8 Å². The first-order valence-corrected chi connectivity index (χ1v) is 16.4. The Morgan fingerprint density at radius 3 is 2.35 bits per heavy atom. The van der Waals surface area contributed by atoms with Gasteiger partial charge in [-0.3, -0.25) is 19.2 Å². The van der Waals surface area contributed by atoms with Crippen LogP contribution in [0.2, 0.25) is 5.02 Å². The minimum Gasteiger partial charge on any atom is -0.495 e. The Labute approximate surface area is 294 Å². The number of hydrogen-bond acceptors (Lipinski definition) is 8. The number of nitrogens with zero attached hydrogens (tertiary/aromatic N) is 1. The molecule has 1 aliphatic rings. The summed E-state index contributed by atoms with van der Waals surface area (Å²) in [6.07, 6.45) is 1.48. The molecular formula is C35H29BrClN3O7S. The smallest absolute Gasteiger partial charge is 0.272 e. The molecule has 4 amide bonds. The van der Waals surface area contributed by atoms with E-state index in [-0.39, 0.29) is 29.0 Å². The largest absolute Gasteiger partial charge is 0.495 e. The number of nitrogens with one attached hydrogen (secondary N) is 2. The van der Waals surface area contributed by atoms with Gasteiger partial charge < -0.3 is 24.8 Å². The molecule has 10 nitrogen and oxygen atoms in total. The number of rotatable bonds is 11. The Morgan fingerprint density at radius 1 is 0.917 bits per heavy atom. The summed E-state index contributed by atoms with van der Waals surface area (Å²) in [5.74, 6) is -0.630. The number of imide groups is 1. The number of methoxy groups -OCH3 is 3. The summed E-state index contributed by atoms with van der Waals surface area (Å²) in [6, 6.07) is 23.5. The van der Waals surface area contributed by atoms with Crippen molar-refractivity contribution in [3.05, 3.63) is 111 Å². The van der Waals surface area contributed by atoms with Gasteiger partial charge in [0.15, 0.2) is 11.5 Å². The van der Waals surface area contributed by atoms with Crippen LogP contribution < -0.4 is 29.7 Å². The highest BCUT2D eigenvalue weighted by Crippen LogP contribution is 2.38. The molecule has 1 aliphatic heterocycles. The fraction of sp³-hybridized carbons (Fsp3) is 0.143. The van der Waals surface area contributed by atoms with Gasteiger partial charge in [0.05, 0.1) is 37.3 Å². The summed E-state index contributed by atoms with van der Waals surface area (Å²) >= 11 is 10.9. The van der Waals surface area contributed by atoms with Crippen molar-refractivity contribution in [2.24, 2.45) is 0 Å². The zero-order chi connectivity index (χ0) is 34.4. The van der Waals surface area contributed by atoms with E-state index in [1.54, 1.807) is 78.9 Å². The molecule has 48 heavy (non-hydrogen) atoms. The predicted octanol–water partition coefficient (Wildman–Crippen LogP) is 6.96. The molecule has 0 spiro atoms. The maximum Gasteiger partial charge on any atom is 0.272 e. The van der Waals surface area contributed by atoms with E-state index in [2.05, 4.69) is 26.6 Å². The summed E-state index contributed by atoms with van der Waals surface area (Å²) in [4.78, 5) is 54.9. The normalized spacial score (nSPS) is 14.5. The molecule has 0 radical (unpaired) electrons. The number of ether oxygens (including phenoxy) is 3. The maximum atomic E-state index is 13.7. The van der Waals surface area contributed by atoms with Crippen LogP contribution in [0.4, 0.5) is 11.4 Å². The van der Waals surface area contributed by atoms with E-state index in [0.29, 0.717) is 49.1 Å². The van der Waals surface area contributed by atoms with Gasteiger partial charge in [0, 0.05) is 32.6 Å². The van der Waals surface area contributed by atoms with E-state index in [4.69, 9.17) is 25.8 Å². The van der Waals surface area contributed by atoms with E-state index in [9.17, 15) is 19.2 Å². The zero-order valence-corrected chi connectivity index (χ0v) is 29.1. The summed E-state index contributed by atoms with van der Waals surface area (Å²) in [7, 11) is 4.45. The van der Waals surface area contributed by atoms with Gasteiger partial charge in [-0.2, -0.15) is 0 Å². The van der Waals surface area contributed by atoms with Crippen LogP contribution in [0.1, 0.15) is 22.3 Å². The highest BCUT2D eigenvalue weighted by molar-refractivity contribution is 9.10. The second-order valence-electron chi connectivity index (χ2n) is 10.3. The highest BCUT2D eigenvalue weighted by atomic mass is 79.9. The van der Waals surface area contributed by atoms with Crippen LogP contribution in [0.5, 0.6) is 17.2 Å². The molecule has 0 aromatic heterocycles. The molecule has 0 saturated carbocycles. The molecule has 0 aliphatic carbocycles. The van der Waals surface area contributed by atoms with Crippen LogP contribution in [0, 0.1) is 0 Å². The highest BCUT2D eigenvalue weighted by Gasteiger charge is 2.40. The Bertz CT molecular complexity index is 1920. The fourth-order valence-corrected chi connectivity index (χ4v) is 6.75. The van der Waals surface area contributed by atoms with Crippen LogP contribution >= 0.6 is 39.3 Å². The number of hydrogen-bond donors (Lipinski definition) is 2. The molecule has 1 heterocycles. The Hall–Kier alpha value is -4.78. The van der Waals surface area contributed by atoms with Crippen molar-refractivity contribution in [2.45, 2.75) is 16.6 Å². The molecule has 4 aromatic carbocycles. The van der Waals surface area contributed by atoms with Crippen LogP contribution in [0.3, 0.4) is 0 Å². The monoisotopic (exact) mass is 749 g/mol. The molecule has 0 unspecified atom stereocenters. The lowest BCUT2D eigenvalue weighted by Crippen LogP contribution is -2.31. The fourth-order valence-electron chi connectivity index (χ4n) is 4.94. The number of carbonyl (C=O) groups is 4. The first-order chi connectivity index (χ1) is 23.1. The Morgan fingerprint density at radius 2 is 1.67 bits per heavy atom. The lowest BCUT2D eigenvalue weighted by Gasteiger charge is -2.16. The molecule has 13 heteroatoms.